The second kappa shape index (κ2) is 4.97. The Morgan fingerprint density at radius 2 is 2.17 bits per heavy atom. The van der Waals surface area contributed by atoms with Crippen molar-refractivity contribution < 1.29 is 4.74 Å². The minimum atomic E-state index is 0.0126. The second-order valence-corrected chi connectivity index (χ2v) is 4.08. The van der Waals surface area contributed by atoms with Gasteiger partial charge in [0.2, 0.25) is 0 Å². The van der Waals surface area contributed by atoms with Crippen molar-refractivity contribution in [2.24, 2.45) is 0 Å². The topological polar surface area (TPSA) is 31.2 Å². The van der Waals surface area contributed by atoms with Gasteiger partial charge in [0.25, 0.3) is 5.56 Å². The van der Waals surface area contributed by atoms with E-state index in [0.717, 1.165) is 11.1 Å². The van der Waals surface area contributed by atoms with E-state index in [0.29, 0.717) is 17.7 Å². The molecule has 0 fully saturated rings. The molecule has 2 aromatic rings. The van der Waals surface area contributed by atoms with Crippen molar-refractivity contribution in [3.8, 4) is 18.1 Å². The second-order valence-electron chi connectivity index (χ2n) is 4.08. The zero-order valence-electron chi connectivity index (χ0n) is 10.6. The minimum Gasteiger partial charge on any atom is -0.481 e. The lowest BCUT2D eigenvalue weighted by atomic mass is 10.1. The molecule has 0 N–H and O–H groups in total. The number of hydrogen-bond acceptors (Lipinski definition) is 2. The Balaban J connectivity index is 2.62. The van der Waals surface area contributed by atoms with Crippen LogP contribution in [0.2, 0.25) is 0 Å². The molecule has 0 spiro atoms. The summed E-state index contributed by atoms with van der Waals surface area (Å²) in [7, 11) is 0. The zero-order chi connectivity index (χ0) is 13.1. The molecule has 2 rings (SSSR count). The molecule has 0 bridgehead atoms. The number of aryl methyl sites for hydroxylation is 1. The predicted octanol–water partition coefficient (Wildman–Crippen LogP) is 2.34. The Bertz CT molecular complexity index is 677. The lowest BCUT2D eigenvalue weighted by Crippen LogP contribution is -2.21. The van der Waals surface area contributed by atoms with E-state index in [-0.39, 0.29) is 12.2 Å². The van der Waals surface area contributed by atoms with Gasteiger partial charge in [-0.15, -0.1) is 6.42 Å². The number of hydrogen-bond donors (Lipinski definition) is 0. The maximum Gasteiger partial charge on any atom is 0.258 e. The summed E-state index contributed by atoms with van der Waals surface area (Å²) in [5.74, 6) is 3.03. The number of fused-ring (bicyclic) bond motifs is 1. The van der Waals surface area contributed by atoms with Crippen LogP contribution in [0.25, 0.3) is 10.8 Å². The maximum atomic E-state index is 12.3. The molecule has 0 radical (unpaired) electrons. The summed E-state index contributed by atoms with van der Waals surface area (Å²) in [6, 6.07) is 7.47. The third kappa shape index (κ3) is 2.10. The molecule has 0 amide bonds. The summed E-state index contributed by atoms with van der Waals surface area (Å²) >= 11 is 0. The molecule has 92 valence electrons. The Kier molecular flexibility index (Phi) is 3.38. The largest absolute Gasteiger partial charge is 0.481 e. The van der Waals surface area contributed by atoms with Crippen LogP contribution in [0.1, 0.15) is 12.6 Å². The molecule has 0 aliphatic heterocycles. The normalized spacial score (nSPS) is 10.3. The third-order valence-electron chi connectivity index (χ3n) is 2.93. The Hall–Kier alpha value is -2.21. The summed E-state index contributed by atoms with van der Waals surface area (Å²) < 4.78 is 7.08. The van der Waals surface area contributed by atoms with Gasteiger partial charge in [0.15, 0.2) is 0 Å². The van der Waals surface area contributed by atoms with Crippen molar-refractivity contribution >= 4 is 10.8 Å². The van der Waals surface area contributed by atoms with Crippen molar-refractivity contribution in [1.29, 1.82) is 0 Å². The van der Waals surface area contributed by atoms with Gasteiger partial charge < -0.3 is 9.30 Å². The van der Waals surface area contributed by atoms with Gasteiger partial charge >= 0.3 is 0 Å². The molecule has 0 saturated carbocycles. The van der Waals surface area contributed by atoms with Crippen molar-refractivity contribution in [1.82, 2.24) is 4.57 Å². The molecule has 18 heavy (non-hydrogen) atoms. The van der Waals surface area contributed by atoms with E-state index in [2.05, 4.69) is 5.92 Å². The number of rotatable bonds is 3. The van der Waals surface area contributed by atoms with Crippen LogP contribution in [0, 0.1) is 19.3 Å². The van der Waals surface area contributed by atoms with Crippen molar-refractivity contribution in [3.63, 3.8) is 0 Å². The van der Waals surface area contributed by atoms with Gasteiger partial charge in [0.05, 0.1) is 5.39 Å². The van der Waals surface area contributed by atoms with Gasteiger partial charge in [-0.3, -0.25) is 4.79 Å². The molecule has 1 aromatic heterocycles. The van der Waals surface area contributed by atoms with Crippen LogP contribution in [-0.2, 0) is 6.54 Å². The molecule has 1 heterocycles. The van der Waals surface area contributed by atoms with Gasteiger partial charge in [-0.1, -0.05) is 12.0 Å². The number of aromatic nitrogens is 1. The Morgan fingerprint density at radius 1 is 1.39 bits per heavy atom. The monoisotopic (exact) mass is 241 g/mol. The number of terminal acetylenes is 1. The maximum absolute atomic E-state index is 12.3. The molecule has 3 heteroatoms. The molecule has 0 saturated heterocycles. The highest BCUT2D eigenvalue weighted by Crippen LogP contribution is 2.19. The molecular weight excluding hydrogens is 226 g/mol. The summed E-state index contributed by atoms with van der Waals surface area (Å²) in [4.78, 5) is 12.3. The summed E-state index contributed by atoms with van der Waals surface area (Å²) in [5, 5.41) is 1.59. The van der Waals surface area contributed by atoms with Crippen LogP contribution in [0.15, 0.2) is 29.1 Å². The highest BCUT2D eigenvalue weighted by Gasteiger charge is 2.06. The van der Waals surface area contributed by atoms with Gasteiger partial charge in [0, 0.05) is 12.2 Å². The van der Waals surface area contributed by atoms with Gasteiger partial charge in [-0.25, -0.2) is 0 Å². The standard InChI is InChI=1S/C15H15NO2/c1-4-8-18-13-7-6-12-9-11(3)16(5-2)15(17)14(12)10-13/h1,6-7,9-10H,5,8H2,2-3H3. The number of benzene rings is 1. The van der Waals surface area contributed by atoms with Crippen LogP contribution in [0.5, 0.6) is 5.75 Å². The first-order chi connectivity index (χ1) is 8.67. The average molecular weight is 241 g/mol. The van der Waals surface area contributed by atoms with Crippen molar-refractivity contribution in [3.05, 3.63) is 40.3 Å². The van der Waals surface area contributed by atoms with Crippen LogP contribution in [0.4, 0.5) is 0 Å². The first-order valence-corrected chi connectivity index (χ1v) is 5.88. The summed E-state index contributed by atoms with van der Waals surface area (Å²) in [6.45, 7) is 4.77. The highest BCUT2D eigenvalue weighted by atomic mass is 16.5. The number of nitrogens with zero attached hydrogens (tertiary/aromatic N) is 1. The molecule has 0 aliphatic rings. The summed E-state index contributed by atoms with van der Waals surface area (Å²) in [5.41, 5.74) is 0.978. The Labute approximate surface area is 106 Å². The summed E-state index contributed by atoms with van der Waals surface area (Å²) in [6.07, 6.45) is 5.14. The van der Waals surface area contributed by atoms with E-state index in [1.165, 1.54) is 0 Å². The van der Waals surface area contributed by atoms with Crippen molar-refractivity contribution in [2.45, 2.75) is 20.4 Å². The molecule has 3 nitrogen and oxygen atoms in total. The van der Waals surface area contributed by atoms with E-state index in [4.69, 9.17) is 11.2 Å². The van der Waals surface area contributed by atoms with Gasteiger partial charge in [0.1, 0.15) is 12.4 Å². The number of ether oxygens (including phenoxy) is 1. The van der Waals surface area contributed by atoms with Gasteiger partial charge in [-0.2, -0.15) is 0 Å². The van der Waals surface area contributed by atoms with E-state index in [1.807, 2.05) is 32.0 Å². The smallest absolute Gasteiger partial charge is 0.258 e. The average Bonchev–Trinajstić information content (AvgIpc) is 2.37. The highest BCUT2D eigenvalue weighted by molar-refractivity contribution is 5.83. The predicted molar refractivity (Wildman–Crippen MR) is 72.9 cm³/mol. The zero-order valence-corrected chi connectivity index (χ0v) is 10.6. The van der Waals surface area contributed by atoms with Crippen LogP contribution < -0.4 is 10.3 Å². The van der Waals surface area contributed by atoms with Crippen LogP contribution >= 0.6 is 0 Å². The molecule has 0 unspecified atom stereocenters. The quantitative estimate of drug-likeness (QED) is 0.772. The Morgan fingerprint density at radius 3 is 2.83 bits per heavy atom. The fourth-order valence-electron chi connectivity index (χ4n) is 2.06. The van der Waals surface area contributed by atoms with E-state index in [1.54, 1.807) is 10.6 Å². The first-order valence-electron chi connectivity index (χ1n) is 5.88. The lowest BCUT2D eigenvalue weighted by Gasteiger charge is -2.10. The minimum absolute atomic E-state index is 0.0126. The molecule has 0 atom stereocenters. The first kappa shape index (κ1) is 12.3. The fraction of sp³-hybridized carbons (Fsp3) is 0.267. The van der Waals surface area contributed by atoms with Gasteiger partial charge in [-0.05, 0) is 37.4 Å². The SMILES string of the molecule is C#CCOc1ccc2cc(C)n(CC)c(=O)c2c1. The van der Waals surface area contributed by atoms with Crippen molar-refractivity contribution in [2.75, 3.05) is 6.61 Å². The third-order valence-corrected chi connectivity index (χ3v) is 2.93. The van der Waals surface area contributed by atoms with Crippen LogP contribution in [-0.4, -0.2) is 11.2 Å². The van der Waals surface area contributed by atoms with E-state index in [9.17, 15) is 4.79 Å². The van der Waals surface area contributed by atoms with E-state index < -0.39 is 0 Å². The van der Waals surface area contributed by atoms with Crippen LogP contribution in [0.3, 0.4) is 0 Å². The fourth-order valence-corrected chi connectivity index (χ4v) is 2.06. The lowest BCUT2D eigenvalue weighted by molar-refractivity contribution is 0.371. The number of pyridine rings is 1. The molecule has 0 aliphatic carbocycles. The molecular formula is C15H15NO2. The van der Waals surface area contributed by atoms with E-state index >= 15 is 0 Å². The molecule has 1 aromatic carbocycles.